The van der Waals surface area contributed by atoms with Gasteiger partial charge in [-0.25, -0.2) is 0 Å². The third kappa shape index (κ3) is 1.75. The van der Waals surface area contributed by atoms with Gasteiger partial charge < -0.3 is 10.5 Å². The molecule has 0 radical (unpaired) electrons. The van der Waals surface area contributed by atoms with E-state index >= 15 is 0 Å². The highest BCUT2D eigenvalue weighted by Gasteiger charge is 2.20. The molecule has 0 amide bonds. The van der Waals surface area contributed by atoms with Gasteiger partial charge in [0.25, 0.3) is 0 Å². The van der Waals surface area contributed by atoms with Crippen LogP contribution in [0.5, 0.6) is 5.75 Å². The molecule has 0 spiro atoms. The molecule has 14 heavy (non-hydrogen) atoms. The van der Waals surface area contributed by atoms with Crippen LogP contribution in [0.4, 0.5) is 0 Å². The second kappa shape index (κ2) is 4.06. The molecule has 3 heteroatoms. The van der Waals surface area contributed by atoms with Crippen molar-refractivity contribution in [2.24, 2.45) is 5.73 Å². The van der Waals surface area contributed by atoms with Crippen LogP contribution in [-0.4, -0.2) is 7.11 Å². The highest BCUT2D eigenvalue weighted by atomic mass is 127. The van der Waals surface area contributed by atoms with Gasteiger partial charge >= 0.3 is 0 Å². The van der Waals surface area contributed by atoms with Crippen LogP contribution in [0, 0.1) is 3.57 Å². The zero-order valence-corrected chi connectivity index (χ0v) is 10.4. The number of methoxy groups -OCH3 is 1. The van der Waals surface area contributed by atoms with Crippen LogP contribution in [0.2, 0.25) is 0 Å². The van der Waals surface area contributed by atoms with E-state index in [1.807, 2.05) is 0 Å². The molecular formula is C11H14INO. The molecule has 1 atom stereocenters. The zero-order chi connectivity index (χ0) is 10.1. The molecule has 0 bridgehead atoms. The van der Waals surface area contributed by atoms with Crippen LogP contribution in [0.1, 0.15) is 30.0 Å². The van der Waals surface area contributed by atoms with E-state index in [4.69, 9.17) is 10.5 Å². The predicted octanol–water partition coefficient (Wildman–Crippen LogP) is 2.64. The van der Waals surface area contributed by atoms with Crippen LogP contribution in [-0.2, 0) is 6.42 Å². The van der Waals surface area contributed by atoms with E-state index in [-0.39, 0.29) is 6.04 Å². The lowest BCUT2D eigenvalue weighted by Gasteiger charge is -2.24. The van der Waals surface area contributed by atoms with E-state index < -0.39 is 0 Å². The Hall–Kier alpha value is -0.290. The summed E-state index contributed by atoms with van der Waals surface area (Å²) < 4.78 is 6.59. The third-order valence-corrected chi connectivity index (χ3v) is 3.39. The number of nitrogens with two attached hydrogens (primary N) is 1. The molecule has 2 nitrogen and oxygen atoms in total. The Morgan fingerprint density at radius 2 is 2.29 bits per heavy atom. The maximum Gasteiger partial charge on any atom is 0.123 e. The van der Waals surface area contributed by atoms with Crippen LogP contribution in [0.3, 0.4) is 0 Å². The first kappa shape index (κ1) is 10.2. The molecule has 0 saturated heterocycles. The van der Waals surface area contributed by atoms with Gasteiger partial charge in [-0.1, -0.05) is 0 Å². The number of rotatable bonds is 1. The minimum atomic E-state index is 0.197. The van der Waals surface area contributed by atoms with Crippen molar-refractivity contribution in [3.05, 3.63) is 26.8 Å². The molecule has 1 aromatic carbocycles. The molecule has 0 saturated carbocycles. The van der Waals surface area contributed by atoms with E-state index in [0.29, 0.717) is 0 Å². The summed E-state index contributed by atoms with van der Waals surface area (Å²) in [6, 6.07) is 4.46. The molecule has 1 unspecified atom stereocenters. The Balaban J connectivity index is 2.54. The molecule has 1 aliphatic rings. The van der Waals surface area contributed by atoms with Crippen molar-refractivity contribution in [2.75, 3.05) is 7.11 Å². The summed E-state index contributed by atoms with van der Waals surface area (Å²) in [5, 5.41) is 0. The molecule has 2 rings (SSSR count). The van der Waals surface area contributed by atoms with E-state index in [1.165, 1.54) is 21.1 Å². The number of fused-ring (bicyclic) bond motifs is 1. The molecule has 1 aliphatic carbocycles. The molecule has 0 heterocycles. The second-order valence-electron chi connectivity index (χ2n) is 3.67. The number of hydrogen-bond donors (Lipinski definition) is 1. The van der Waals surface area contributed by atoms with E-state index in [0.717, 1.165) is 18.6 Å². The quantitative estimate of drug-likeness (QED) is 0.810. The summed E-state index contributed by atoms with van der Waals surface area (Å²) in [5.41, 5.74) is 8.67. The van der Waals surface area contributed by atoms with E-state index in [9.17, 15) is 0 Å². The van der Waals surface area contributed by atoms with Crippen molar-refractivity contribution < 1.29 is 4.74 Å². The molecular weight excluding hydrogens is 289 g/mol. The van der Waals surface area contributed by atoms with Gasteiger partial charge in [0.15, 0.2) is 0 Å². The average Bonchev–Trinajstić information content (AvgIpc) is 2.18. The Morgan fingerprint density at radius 3 is 3.00 bits per heavy atom. The lowest BCUT2D eigenvalue weighted by Crippen LogP contribution is -2.18. The molecule has 76 valence electrons. The highest BCUT2D eigenvalue weighted by molar-refractivity contribution is 14.1. The first-order valence-corrected chi connectivity index (χ1v) is 5.92. The van der Waals surface area contributed by atoms with Crippen molar-refractivity contribution in [1.82, 2.24) is 0 Å². The van der Waals surface area contributed by atoms with Crippen molar-refractivity contribution in [3.63, 3.8) is 0 Å². The largest absolute Gasteiger partial charge is 0.496 e. The lowest BCUT2D eigenvalue weighted by molar-refractivity contribution is 0.403. The predicted molar refractivity (Wildman–Crippen MR) is 65.6 cm³/mol. The minimum Gasteiger partial charge on any atom is -0.496 e. The second-order valence-corrected chi connectivity index (χ2v) is 4.92. The van der Waals surface area contributed by atoms with Gasteiger partial charge in [-0.05, 0) is 65.1 Å². The van der Waals surface area contributed by atoms with Crippen molar-refractivity contribution in [1.29, 1.82) is 0 Å². The Kier molecular flexibility index (Phi) is 2.97. The minimum absolute atomic E-state index is 0.197. The number of ether oxygens (including phenoxy) is 1. The fraction of sp³-hybridized carbons (Fsp3) is 0.455. The smallest absolute Gasteiger partial charge is 0.123 e. The van der Waals surface area contributed by atoms with Crippen molar-refractivity contribution >= 4 is 22.6 Å². The Labute approximate surface area is 98.0 Å². The molecule has 1 aromatic rings. The maximum atomic E-state index is 6.08. The molecule has 2 N–H and O–H groups in total. The van der Waals surface area contributed by atoms with Crippen LogP contribution < -0.4 is 10.5 Å². The van der Waals surface area contributed by atoms with Crippen molar-refractivity contribution in [2.45, 2.75) is 25.3 Å². The molecule has 0 fully saturated rings. The van der Waals surface area contributed by atoms with Crippen LogP contribution >= 0.6 is 22.6 Å². The fourth-order valence-corrected chi connectivity index (χ4v) is 2.69. The SMILES string of the molecule is COc1cc(I)cc2c1CCCC2N. The van der Waals surface area contributed by atoms with E-state index in [2.05, 4.69) is 34.7 Å². The van der Waals surface area contributed by atoms with Gasteiger partial charge in [-0.3, -0.25) is 0 Å². The van der Waals surface area contributed by atoms with Crippen molar-refractivity contribution in [3.8, 4) is 5.75 Å². The third-order valence-electron chi connectivity index (χ3n) is 2.77. The zero-order valence-electron chi connectivity index (χ0n) is 8.22. The normalized spacial score (nSPS) is 20.4. The van der Waals surface area contributed by atoms with Gasteiger partial charge in [0.2, 0.25) is 0 Å². The van der Waals surface area contributed by atoms with Gasteiger partial charge in [0.05, 0.1) is 7.11 Å². The fourth-order valence-electron chi connectivity index (χ4n) is 2.07. The summed E-state index contributed by atoms with van der Waals surface area (Å²) in [6.07, 6.45) is 3.37. The highest BCUT2D eigenvalue weighted by Crippen LogP contribution is 2.35. The summed E-state index contributed by atoms with van der Waals surface area (Å²) in [7, 11) is 1.73. The summed E-state index contributed by atoms with van der Waals surface area (Å²) >= 11 is 2.31. The summed E-state index contributed by atoms with van der Waals surface area (Å²) in [4.78, 5) is 0. The van der Waals surface area contributed by atoms with Crippen LogP contribution in [0.15, 0.2) is 12.1 Å². The number of halogens is 1. The summed E-state index contributed by atoms with van der Waals surface area (Å²) in [6.45, 7) is 0. The van der Waals surface area contributed by atoms with Gasteiger partial charge in [0, 0.05) is 9.61 Å². The molecule has 0 aromatic heterocycles. The Bertz CT molecular complexity index is 351. The van der Waals surface area contributed by atoms with E-state index in [1.54, 1.807) is 7.11 Å². The monoisotopic (exact) mass is 303 g/mol. The lowest BCUT2D eigenvalue weighted by atomic mass is 9.88. The number of hydrogen-bond acceptors (Lipinski definition) is 2. The standard InChI is InChI=1S/C11H14INO/c1-14-11-6-7(12)5-9-8(11)3-2-4-10(9)13/h5-6,10H,2-4,13H2,1H3. The van der Waals surface area contributed by atoms with Gasteiger partial charge in [-0.2, -0.15) is 0 Å². The summed E-state index contributed by atoms with van der Waals surface area (Å²) in [5.74, 6) is 1.00. The van der Waals surface area contributed by atoms with Gasteiger partial charge in [0.1, 0.15) is 5.75 Å². The maximum absolute atomic E-state index is 6.08. The van der Waals surface area contributed by atoms with Gasteiger partial charge in [-0.15, -0.1) is 0 Å². The number of benzene rings is 1. The first-order valence-electron chi connectivity index (χ1n) is 4.84. The van der Waals surface area contributed by atoms with Crippen LogP contribution in [0.25, 0.3) is 0 Å². The Morgan fingerprint density at radius 1 is 1.50 bits per heavy atom. The topological polar surface area (TPSA) is 35.2 Å². The first-order chi connectivity index (χ1) is 6.72. The molecule has 0 aliphatic heterocycles. The average molecular weight is 303 g/mol.